The molecular formula is C19H24N2O. The highest BCUT2D eigenvalue weighted by atomic mass is 16.5. The molecule has 116 valence electrons. The zero-order valence-corrected chi connectivity index (χ0v) is 13.2. The van der Waals surface area contributed by atoms with Crippen LogP contribution in [0.25, 0.3) is 0 Å². The molecule has 1 aromatic carbocycles. The number of aromatic nitrogens is 1. The van der Waals surface area contributed by atoms with Crippen molar-refractivity contribution < 1.29 is 4.74 Å². The highest BCUT2D eigenvalue weighted by molar-refractivity contribution is 5.22. The molecule has 1 aromatic heterocycles. The van der Waals surface area contributed by atoms with E-state index < -0.39 is 0 Å². The van der Waals surface area contributed by atoms with Crippen molar-refractivity contribution in [3.63, 3.8) is 0 Å². The van der Waals surface area contributed by atoms with Crippen LogP contribution < -0.4 is 4.74 Å². The molecule has 3 rings (SSSR count). The number of rotatable bonds is 5. The number of benzene rings is 1. The van der Waals surface area contributed by atoms with Crippen LogP contribution in [0.4, 0.5) is 0 Å². The number of pyridine rings is 1. The smallest absolute Gasteiger partial charge is 0.213 e. The third-order valence-electron chi connectivity index (χ3n) is 4.39. The van der Waals surface area contributed by atoms with Gasteiger partial charge in [-0.25, -0.2) is 4.98 Å². The summed E-state index contributed by atoms with van der Waals surface area (Å²) in [5.74, 6) is 0.700. The SMILES string of the molecule is CCN1CCCC[C@@H]1c1ccc(OCc2ccccc2)nc1. The number of piperidine rings is 1. The van der Waals surface area contributed by atoms with Gasteiger partial charge in [-0.3, -0.25) is 4.90 Å². The van der Waals surface area contributed by atoms with E-state index in [0.29, 0.717) is 18.5 Å². The summed E-state index contributed by atoms with van der Waals surface area (Å²) in [5.41, 5.74) is 2.48. The third kappa shape index (κ3) is 3.66. The van der Waals surface area contributed by atoms with Gasteiger partial charge in [0.1, 0.15) is 6.61 Å². The Morgan fingerprint density at radius 1 is 1.14 bits per heavy atom. The highest BCUT2D eigenvalue weighted by Gasteiger charge is 2.22. The minimum absolute atomic E-state index is 0.523. The van der Waals surface area contributed by atoms with E-state index >= 15 is 0 Å². The second kappa shape index (κ2) is 7.41. The molecule has 1 aliphatic rings. The Bertz CT molecular complexity index is 568. The Hall–Kier alpha value is -1.87. The van der Waals surface area contributed by atoms with Crippen LogP contribution in [0.2, 0.25) is 0 Å². The monoisotopic (exact) mass is 296 g/mol. The second-order valence-electron chi connectivity index (χ2n) is 5.84. The first kappa shape index (κ1) is 15.0. The largest absolute Gasteiger partial charge is 0.473 e. The maximum Gasteiger partial charge on any atom is 0.213 e. The van der Waals surface area contributed by atoms with Crippen LogP contribution in [0.1, 0.15) is 43.4 Å². The van der Waals surface area contributed by atoms with Crippen molar-refractivity contribution in [2.45, 2.75) is 38.8 Å². The fourth-order valence-corrected chi connectivity index (χ4v) is 3.15. The van der Waals surface area contributed by atoms with Crippen LogP contribution in [0, 0.1) is 0 Å². The molecule has 22 heavy (non-hydrogen) atoms. The predicted octanol–water partition coefficient (Wildman–Crippen LogP) is 4.21. The van der Waals surface area contributed by atoms with Gasteiger partial charge < -0.3 is 4.74 Å². The number of hydrogen-bond acceptors (Lipinski definition) is 3. The molecule has 2 heterocycles. The van der Waals surface area contributed by atoms with E-state index in [2.05, 4.69) is 35.0 Å². The summed E-state index contributed by atoms with van der Waals surface area (Å²) < 4.78 is 5.76. The third-order valence-corrected chi connectivity index (χ3v) is 4.39. The average molecular weight is 296 g/mol. The normalized spacial score (nSPS) is 19.0. The Morgan fingerprint density at radius 2 is 2.00 bits per heavy atom. The first-order valence-electron chi connectivity index (χ1n) is 8.23. The molecule has 3 nitrogen and oxygen atoms in total. The van der Waals surface area contributed by atoms with Crippen molar-refractivity contribution in [2.24, 2.45) is 0 Å². The van der Waals surface area contributed by atoms with Gasteiger partial charge in [0.15, 0.2) is 0 Å². The highest BCUT2D eigenvalue weighted by Crippen LogP contribution is 2.30. The standard InChI is InChI=1S/C19H24N2O/c1-2-21-13-7-6-10-18(21)17-11-12-19(20-14-17)22-15-16-8-4-3-5-9-16/h3-5,8-9,11-12,14,18H,2,6-7,10,13,15H2,1H3/t18-/m1/s1. The lowest BCUT2D eigenvalue weighted by atomic mass is 9.96. The van der Waals surface area contributed by atoms with Crippen molar-refractivity contribution in [1.82, 2.24) is 9.88 Å². The molecule has 0 aliphatic carbocycles. The Labute approximate surface area is 132 Å². The van der Waals surface area contributed by atoms with Gasteiger partial charge in [-0.05, 0) is 37.1 Å². The summed E-state index contributed by atoms with van der Waals surface area (Å²) >= 11 is 0. The topological polar surface area (TPSA) is 25.4 Å². The molecule has 0 N–H and O–H groups in total. The summed E-state index contributed by atoms with van der Waals surface area (Å²) in [6, 6.07) is 14.9. The Morgan fingerprint density at radius 3 is 2.73 bits per heavy atom. The van der Waals surface area contributed by atoms with Gasteiger partial charge in [-0.1, -0.05) is 49.7 Å². The lowest BCUT2D eigenvalue weighted by Gasteiger charge is -2.35. The van der Waals surface area contributed by atoms with Crippen LogP contribution >= 0.6 is 0 Å². The minimum atomic E-state index is 0.523. The summed E-state index contributed by atoms with van der Waals surface area (Å²) in [7, 11) is 0. The van der Waals surface area contributed by atoms with Crippen LogP contribution in [0.5, 0.6) is 5.88 Å². The number of hydrogen-bond donors (Lipinski definition) is 0. The van der Waals surface area contributed by atoms with Crippen LogP contribution in [0.3, 0.4) is 0 Å². The van der Waals surface area contributed by atoms with Crippen molar-refractivity contribution in [3.8, 4) is 5.88 Å². The molecular weight excluding hydrogens is 272 g/mol. The first-order valence-corrected chi connectivity index (χ1v) is 8.23. The molecule has 0 saturated carbocycles. The van der Waals surface area contributed by atoms with Gasteiger partial charge in [0.05, 0.1) is 0 Å². The van der Waals surface area contributed by atoms with E-state index in [4.69, 9.17) is 4.74 Å². The molecule has 0 unspecified atom stereocenters. The maximum absolute atomic E-state index is 5.76. The van der Waals surface area contributed by atoms with Crippen LogP contribution in [-0.4, -0.2) is 23.0 Å². The van der Waals surface area contributed by atoms with Crippen LogP contribution in [0.15, 0.2) is 48.7 Å². The average Bonchev–Trinajstić information content (AvgIpc) is 2.61. The molecule has 0 amide bonds. The van der Waals surface area contributed by atoms with Crippen LogP contribution in [-0.2, 0) is 6.61 Å². The molecule has 0 radical (unpaired) electrons. The van der Waals surface area contributed by atoms with Gasteiger partial charge in [-0.15, -0.1) is 0 Å². The van der Waals surface area contributed by atoms with Crippen molar-refractivity contribution >= 4 is 0 Å². The van der Waals surface area contributed by atoms with Crippen molar-refractivity contribution in [2.75, 3.05) is 13.1 Å². The first-order chi connectivity index (χ1) is 10.9. The molecule has 2 aromatic rings. The zero-order chi connectivity index (χ0) is 15.2. The summed E-state index contributed by atoms with van der Waals surface area (Å²) in [4.78, 5) is 7.04. The summed E-state index contributed by atoms with van der Waals surface area (Å²) in [6.45, 7) is 5.12. The van der Waals surface area contributed by atoms with E-state index in [1.165, 1.54) is 31.4 Å². The zero-order valence-electron chi connectivity index (χ0n) is 13.2. The van der Waals surface area contributed by atoms with Gasteiger partial charge in [0, 0.05) is 18.3 Å². The molecule has 0 spiro atoms. The molecule has 1 atom stereocenters. The van der Waals surface area contributed by atoms with Gasteiger partial charge in [-0.2, -0.15) is 0 Å². The van der Waals surface area contributed by atoms with Gasteiger partial charge in [0.2, 0.25) is 5.88 Å². The fourth-order valence-electron chi connectivity index (χ4n) is 3.15. The number of ether oxygens (including phenoxy) is 1. The summed E-state index contributed by atoms with van der Waals surface area (Å²) in [5, 5.41) is 0. The summed E-state index contributed by atoms with van der Waals surface area (Å²) in [6.07, 6.45) is 5.85. The van der Waals surface area contributed by atoms with Crippen molar-refractivity contribution in [1.29, 1.82) is 0 Å². The molecule has 1 fully saturated rings. The molecule has 0 bridgehead atoms. The van der Waals surface area contributed by atoms with Crippen molar-refractivity contribution in [3.05, 3.63) is 59.8 Å². The van der Waals surface area contributed by atoms with E-state index in [-0.39, 0.29) is 0 Å². The predicted molar refractivity (Wildman–Crippen MR) is 88.9 cm³/mol. The molecule has 1 saturated heterocycles. The second-order valence-corrected chi connectivity index (χ2v) is 5.84. The van der Waals surface area contributed by atoms with Gasteiger partial charge >= 0.3 is 0 Å². The van der Waals surface area contributed by atoms with E-state index in [9.17, 15) is 0 Å². The molecule has 1 aliphatic heterocycles. The lowest BCUT2D eigenvalue weighted by molar-refractivity contribution is 0.156. The Kier molecular flexibility index (Phi) is 5.07. The number of likely N-dealkylation sites (tertiary alicyclic amines) is 1. The molecule has 3 heteroatoms. The fraction of sp³-hybridized carbons (Fsp3) is 0.421. The lowest BCUT2D eigenvalue weighted by Crippen LogP contribution is -2.33. The van der Waals surface area contributed by atoms with E-state index in [1.807, 2.05) is 30.5 Å². The quantitative estimate of drug-likeness (QED) is 0.826. The van der Waals surface area contributed by atoms with E-state index in [1.54, 1.807) is 0 Å². The number of nitrogens with zero attached hydrogens (tertiary/aromatic N) is 2. The maximum atomic E-state index is 5.76. The van der Waals surface area contributed by atoms with E-state index in [0.717, 1.165) is 12.1 Å². The Balaban J connectivity index is 1.62. The minimum Gasteiger partial charge on any atom is -0.473 e. The van der Waals surface area contributed by atoms with Gasteiger partial charge in [0.25, 0.3) is 0 Å².